The average molecular weight is 359 g/mol. The van der Waals surface area contributed by atoms with Crippen molar-refractivity contribution >= 4 is 35.3 Å². The molecule has 1 aliphatic rings. The average Bonchev–Trinajstić information content (AvgIpc) is 2.85. The van der Waals surface area contributed by atoms with E-state index in [1.54, 1.807) is 37.3 Å². The summed E-state index contributed by atoms with van der Waals surface area (Å²) in [4.78, 5) is 25.7. The first-order valence-electron chi connectivity index (χ1n) is 7.58. The monoisotopic (exact) mass is 358 g/mol. The van der Waals surface area contributed by atoms with Crippen molar-refractivity contribution in [1.82, 2.24) is 5.32 Å². The lowest BCUT2D eigenvalue weighted by atomic mass is 10.1. The number of phenolic OH excluding ortho intramolecular Hbond substituents is 1. The van der Waals surface area contributed by atoms with Crippen LogP contribution in [-0.4, -0.2) is 23.7 Å². The molecule has 2 aromatic rings. The second-order valence-electron chi connectivity index (χ2n) is 5.27. The third-order valence-corrected chi connectivity index (χ3v) is 3.77. The summed E-state index contributed by atoms with van der Waals surface area (Å²) in [5, 5.41) is 12.7. The van der Waals surface area contributed by atoms with Crippen molar-refractivity contribution in [3.8, 4) is 11.5 Å². The molecule has 1 heterocycles. The Bertz CT molecular complexity index is 879. The van der Waals surface area contributed by atoms with Crippen molar-refractivity contribution < 1.29 is 19.4 Å². The molecule has 0 radical (unpaired) electrons. The minimum atomic E-state index is -0.553. The fraction of sp³-hybridized carbons (Fsp3) is 0.111. The van der Waals surface area contributed by atoms with Gasteiger partial charge in [-0.05, 0) is 48.9 Å². The maximum Gasteiger partial charge on any atom is 0.333 e. The first-order chi connectivity index (χ1) is 12.0. The predicted octanol–water partition coefficient (Wildman–Crippen LogP) is 3.54. The van der Waals surface area contributed by atoms with Crippen LogP contribution < -0.4 is 15.0 Å². The van der Waals surface area contributed by atoms with Crippen LogP contribution in [0.2, 0.25) is 5.02 Å². The van der Waals surface area contributed by atoms with Gasteiger partial charge in [0.05, 0.1) is 12.3 Å². The van der Waals surface area contributed by atoms with E-state index >= 15 is 0 Å². The van der Waals surface area contributed by atoms with Gasteiger partial charge in [0, 0.05) is 5.02 Å². The van der Waals surface area contributed by atoms with Gasteiger partial charge in [-0.1, -0.05) is 23.7 Å². The second kappa shape index (κ2) is 6.86. The summed E-state index contributed by atoms with van der Waals surface area (Å²) in [7, 11) is 0. The van der Waals surface area contributed by atoms with Crippen LogP contribution in [0.3, 0.4) is 0 Å². The van der Waals surface area contributed by atoms with Gasteiger partial charge in [0.1, 0.15) is 5.70 Å². The van der Waals surface area contributed by atoms with Crippen molar-refractivity contribution in [3.05, 3.63) is 58.7 Å². The molecule has 25 heavy (non-hydrogen) atoms. The number of phenols is 1. The first kappa shape index (κ1) is 16.9. The fourth-order valence-corrected chi connectivity index (χ4v) is 2.63. The summed E-state index contributed by atoms with van der Waals surface area (Å²) in [6, 6.07) is 10.6. The largest absolute Gasteiger partial charge is 0.504 e. The highest BCUT2D eigenvalue weighted by molar-refractivity contribution is 6.32. The van der Waals surface area contributed by atoms with Gasteiger partial charge >= 0.3 is 6.03 Å². The van der Waals surface area contributed by atoms with E-state index in [-0.39, 0.29) is 11.4 Å². The maximum absolute atomic E-state index is 12.6. The zero-order valence-electron chi connectivity index (χ0n) is 13.3. The van der Waals surface area contributed by atoms with Crippen LogP contribution >= 0.6 is 11.6 Å². The number of hydrogen-bond donors (Lipinski definition) is 2. The number of imide groups is 1. The molecule has 0 aromatic heterocycles. The van der Waals surface area contributed by atoms with Gasteiger partial charge in [0.2, 0.25) is 0 Å². The lowest BCUT2D eigenvalue weighted by molar-refractivity contribution is -0.113. The molecular formula is C18H15ClN2O4. The minimum absolute atomic E-state index is 0.00587. The molecule has 0 spiro atoms. The molecule has 7 heteroatoms. The van der Waals surface area contributed by atoms with Crippen molar-refractivity contribution in [2.24, 2.45) is 0 Å². The first-order valence-corrected chi connectivity index (χ1v) is 7.96. The van der Waals surface area contributed by atoms with Crippen LogP contribution in [0.5, 0.6) is 11.5 Å². The highest BCUT2D eigenvalue weighted by Gasteiger charge is 2.34. The number of benzene rings is 2. The van der Waals surface area contributed by atoms with E-state index in [4.69, 9.17) is 16.3 Å². The normalized spacial score (nSPS) is 15.6. The smallest absolute Gasteiger partial charge is 0.333 e. The molecule has 128 valence electrons. The molecule has 1 aliphatic heterocycles. The predicted molar refractivity (Wildman–Crippen MR) is 94.7 cm³/mol. The molecule has 0 atom stereocenters. The van der Waals surface area contributed by atoms with Gasteiger partial charge < -0.3 is 15.2 Å². The van der Waals surface area contributed by atoms with Crippen molar-refractivity contribution in [2.45, 2.75) is 6.92 Å². The van der Waals surface area contributed by atoms with Crippen molar-refractivity contribution in [3.63, 3.8) is 0 Å². The van der Waals surface area contributed by atoms with E-state index in [2.05, 4.69) is 5.32 Å². The number of urea groups is 1. The summed E-state index contributed by atoms with van der Waals surface area (Å²) in [5.74, 6) is -0.176. The number of rotatable bonds is 4. The number of halogens is 1. The Hall–Kier alpha value is -2.99. The Kier molecular flexibility index (Phi) is 4.63. The molecule has 2 aromatic carbocycles. The molecule has 3 amide bonds. The van der Waals surface area contributed by atoms with Crippen LogP contribution in [0.25, 0.3) is 6.08 Å². The Balaban J connectivity index is 1.92. The number of nitrogens with zero attached hydrogens (tertiary/aromatic N) is 1. The van der Waals surface area contributed by atoms with Crippen LogP contribution in [0.15, 0.2) is 48.2 Å². The van der Waals surface area contributed by atoms with E-state index < -0.39 is 11.9 Å². The van der Waals surface area contributed by atoms with Crippen molar-refractivity contribution in [1.29, 1.82) is 0 Å². The lowest BCUT2D eigenvalue weighted by Crippen LogP contribution is -2.30. The van der Waals surface area contributed by atoms with Gasteiger partial charge in [-0.25, -0.2) is 9.69 Å². The van der Waals surface area contributed by atoms with E-state index in [1.165, 1.54) is 18.2 Å². The van der Waals surface area contributed by atoms with Crippen molar-refractivity contribution in [2.75, 3.05) is 11.5 Å². The number of aromatic hydroxyl groups is 1. The zero-order chi connectivity index (χ0) is 18.0. The van der Waals surface area contributed by atoms with E-state index in [0.717, 1.165) is 4.90 Å². The van der Waals surface area contributed by atoms with Crippen LogP contribution in [0.4, 0.5) is 10.5 Å². The van der Waals surface area contributed by atoms with Gasteiger partial charge in [-0.3, -0.25) is 4.79 Å². The quantitative estimate of drug-likeness (QED) is 0.647. The standard InChI is InChI=1S/C18H15ClN2O4/c1-2-25-16-9-11(6-7-15(16)22)8-14-17(23)21(18(24)20-14)13-5-3-4-12(19)10-13/h3-10,22H,2H2,1H3,(H,20,24)/b14-8-. The molecular weight excluding hydrogens is 344 g/mol. The van der Waals surface area contributed by atoms with Gasteiger partial charge in [0.15, 0.2) is 11.5 Å². The molecule has 0 bridgehead atoms. The summed E-state index contributed by atoms with van der Waals surface area (Å²) in [6.45, 7) is 2.19. The van der Waals surface area contributed by atoms with Gasteiger partial charge in [-0.15, -0.1) is 0 Å². The summed E-state index contributed by atoms with van der Waals surface area (Å²) in [6.07, 6.45) is 1.52. The number of nitrogens with one attached hydrogen (secondary N) is 1. The summed E-state index contributed by atoms with van der Waals surface area (Å²) < 4.78 is 5.32. The van der Waals surface area contributed by atoms with E-state index in [0.29, 0.717) is 28.6 Å². The number of anilines is 1. The number of carbonyl (C=O) groups is 2. The zero-order valence-corrected chi connectivity index (χ0v) is 14.1. The van der Waals surface area contributed by atoms with Crippen LogP contribution in [0.1, 0.15) is 12.5 Å². The van der Waals surface area contributed by atoms with E-state index in [9.17, 15) is 14.7 Å². The second-order valence-corrected chi connectivity index (χ2v) is 5.71. The summed E-state index contributed by atoms with van der Waals surface area (Å²) in [5.41, 5.74) is 1.12. The molecule has 3 rings (SSSR count). The maximum atomic E-state index is 12.6. The minimum Gasteiger partial charge on any atom is -0.504 e. The van der Waals surface area contributed by atoms with Crippen LogP contribution in [-0.2, 0) is 4.79 Å². The van der Waals surface area contributed by atoms with Crippen LogP contribution in [0, 0.1) is 0 Å². The Morgan fingerprint density at radius 3 is 2.76 bits per heavy atom. The summed E-state index contributed by atoms with van der Waals surface area (Å²) >= 11 is 5.92. The highest BCUT2D eigenvalue weighted by Crippen LogP contribution is 2.29. The van der Waals surface area contributed by atoms with Gasteiger partial charge in [-0.2, -0.15) is 0 Å². The third-order valence-electron chi connectivity index (χ3n) is 3.54. The molecule has 0 aliphatic carbocycles. The van der Waals surface area contributed by atoms with Gasteiger partial charge in [0.25, 0.3) is 5.91 Å². The third kappa shape index (κ3) is 3.44. The SMILES string of the molecule is CCOc1cc(/C=C2\NC(=O)N(c3cccc(Cl)c3)C2=O)ccc1O. The Labute approximate surface area is 149 Å². The molecule has 0 unspecified atom stereocenters. The number of hydrogen-bond acceptors (Lipinski definition) is 4. The highest BCUT2D eigenvalue weighted by atomic mass is 35.5. The Morgan fingerprint density at radius 2 is 2.04 bits per heavy atom. The number of amides is 3. The lowest BCUT2D eigenvalue weighted by Gasteiger charge is -2.11. The van der Waals surface area contributed by atoms with E-state index in [1.807, 2.05) is 0 Å². The molecule has 0 saturated carbocycles. The molecule has 1 fully saturated rings. The molecule has 1 saturated heterocycles. The fourth-order valence-electron chi connectivity index (χ4n) is 2.44. The number of ether oxygens (including phenoxy) is 1. The molecule has 6 nitrogen and oxygen atoms in total. The topological polar surface area (TPSA) is 78.9 Å². The number of carbonyl (C=O) groups excluding carboxylic acids is 2. The Morgan fingerprint density at radius 1 is 1.24 bits per heavy atom. The molecule has 2 N–H and O–H groups in total.